The van der Waals surface area contributed by atoms with Crippen LogP contribution in [-0.4, -0.2) is 0 Å². The second-order valence-corrected chi connectivity index (χ2v) is 5.09. The van der Waals surface area contributed by atoms with Gasteiger partial charge < -0.3 is 0 Å². The highest BCUT2D eigenvalue weighted by Crippen LogP contribution is 2.36. The Labute approximate surface area is 108 Å². The Morgan fingerprint density at radius 2 is 1.75 bits per heavy atom. The smallest absolute Gasteiger partial charge is 0.137 e. The van der Waals surface area contributed by atoms with Crippen LogP contribution < -0.4 is 0 Å². The normalized spacial score (nSPS) is 13.2. The van der Waals surface area contributed by atoms with E-state index in [1.54, 1.807) is 0 Å². The van der Waals surface area contributed by atoms with Crippen molar-refractivity contribution in [3.05, 3.63) is 33.8 Å². The molecule has 0 saturated heterocycles. The molecule has 0 N–H and O–H groups in total. The van der Waals surface area contributed by atoms with Gasteiger partial charge >= 0.3 is 0 Å². The molecule has 4 heteroatoms. The molecule has 0 aliphatic heterocycles. The van der Waals surface area contributed by atoms with E-state index in [1.165, 1.54) is 6.07 Å². The van der Waals surface area contributed by atoms with E-state index in [-0.39, 0.29) is 16.0 Å². The van der Waals surface area contributed by atoms with E-state index in [1.807, 2.05) is 13.8 Å². The van der Waals surface area contributed by atoms with Gasteiger partial charge in [0.2, 0.25) is 0 Å². The summed E-state index contributed by atoms with van der Waals surface area (Å²) >= 11 is 9.12. The molecule has 0 radical (unpaired) electrons. The highest BCUT2D eigenvalue weighted by Gasteiger charge is 2.22. The molecular weight excluding hydrogens is 297 g/mol. The van der Waals surface area contributed by atoms with Crippen LogP contribution in [-0.2, 0) is 0 Å². The van der Waals surface area contributed by atoms with Gasteiger partial charge in [-0.3, -0.25) is 0 Å². The van der Waals surface area contributed by atoms with Crippen molar-refractivity contribution in [2.75, 3.05) is 0 Å². The molecule has 1 aromatic rings. The van der Waals surface area contributed by atoms with Gasteiger partial charge in [-0.2, -0.15) is 0 Å². The Bertz CT molecular complexity index is 364. The van der Waals surface area contributed by atoms with Crippen LogP contribution in [0, 0.1) is 17.6 Å². The third-order valence-electron chi connectivity index (χ3n) is 2.80. The van der Waals surface area contributed by atoms with Crippen LogP contribution in [0.5, 0.6) is 0 Å². The van der Waals surface area contributed by atoms with Crippen LogP contribution in [0.3, 0.4) is 0 Å². The summed E-state index contributed by atoms with van der Waals surface area (Å²) in [4.78, 5) is 0. The number of alkyl halides is 1. The summed E-state index contributed by atoms with van der Waals surface area (Å²) < 4.78 is 27.1. The average molecular weight is 312 g/mol. The molecule has 90 valence electrons. The van der Waals surface area contributed by atoms with Gasteiger partial charge in [0, 0.05) is 5.56 Å². The summed E-state index contributed by atoms with van der Waals surface area (Å²) in [7, 11) is 0. The first kappa shape index (κ1) is 13.9. The second-order valence-electron chi connectivity index (χ2n) is 3.77. The molecule has 0 aliphatic rings. The van der Waals surface area contributed by atoms with Gasteiger partial charge in [0.05, 0.1) is 9.85 Å². The van der Waals surface area contributed by atoms with Crippen LogP contribution in [0.1, 0.15) is 37.6 Å². The van der Waals surface area contributed by atoms with E-state index in [0.717, 1.165) is 18.9 Å². The SMILES string of the molecule is CCC(CC)C(Cl)c1cc(F)c(Br)cc1F. The van der Waals surface area contributed by atoms with Gasteiger partial charge in [-0.1, -0.05) is 26.7 Å². The Balaban J connectivity index is 3.07. The number of halogens is 4. The van der Waals surface area contributed by atoms with Gasteiger partial charge in [0.15, 0.2) is 0 Å². The summed E-state index contributed by atoms with van der Waals surface area (Å²) in [5, 5.41) is -0.474. The van der Waals surface area contributed by atoms with E-state index >= 15 is 0 Å². The zero-order valence-corrected chi connectivity index (χ0v) is 11.6. The summed E-state index contributed by atoms with van der Waals surface area (Å²) in [5.74, 6) is -0.773. The van der Waals surface area contributed by atoms with Gasteiger partial charge in [-0.25, -0.2) is 8.78 Å². The van der Waals surface area contributed by atoms with Crippen LogP contribution in [0.2, 0.25) is 0 Å². The average Bonchev–Trinajstić information content (AvgIpc) is 2.25. The number of hydrogen-bond donors (Lipinski definition) is 0. The van der Waals surface area contributed by atoms with Crippen molar-refractivity contribution in [1.82, 2.24) is 0 Å². The molecule has 16 heavy (non-hydrogen) atoms. The van der Waals surface area contributed by atoms with Crippen molar-refractivity contribution >= 4 is 27.5 Å². The van der Waals surface area contributed by atoms with Crippen molar-refractivity contribution in [3.8, 4) is 0 Å². The molecule has 0 aromatic heterocycles. The van der Waals surface area contributed by atoms with E-state index < -0.39 is 17.0 Å². The third-order valence-corrected chi connectivity index (χ3v) is 4.00. The molecule has 0 heterocycles. The summed E-state index contributed by atoms with van der Waals surface area (Å²) in [5.41, 5.74) is 0.246. The lowest BCUT2D eigenvalue weighted by molar-refractivity contribution is 0.459. The van der Waals surface area contributed by atoms with Gasteiger partial charge in [-0.05, 0) is 34.0 Å². The number of rotatable bonds is 4. The minimum absolute atomic E-state index is 0.127. The fourth-order valence-electron chi connectivity index (χ4n) is 1.71. The molecule has 0 spiro atoms. The van der Waals surface area contributed by atoms with Gasteiger partial charge in [0.25, 0.3) is 0 Å². The highest BCUT2D eigenvalue weighted by atomic mass is 79.9. The predicted molar refractivity (Wildman–Crippen MR) is 66.7 cm³/mol. The first-order chi connectivity index (χ1) is 7.51. The standard InChI is InChI=1S/C12H14BrClF2/c1-3-7(4-2)12(14)8-5-11(16)9(13)6-10(8)15/h5-7,12H,3-4H2,1-2H3. The van der Waals surface area contributed by atoms with Crippen LogP contribution >= 0.6 is 27.5 Å². The predicted octanol–water partition coefficient (Wildman–Crippen LogP) is 5.44. The lowest BCUT2D eigenvalue weighted by Crippen LogP contribution is -2.08. The van der Waals surface area contributed by atoms with E-state index in [9.17, 15) is 8.78 Å². The summed E-state index contributed by atoms with van der Waals surface area (Å²) in [6.45, 7) is 3.99. The fraction of sp³-hybridized carbons (Fsp3) is 0.500. The molecule has 1 aromatic carbocycles. The summed E-state index contributed by atoms with van der Waals surface area (Å²) in [6, 6.07) is 2.30. The minimum atomic E-state index is -0.479. The summed E-state index contributed by atoms with van der Waals surface area (Å²) in [6.07, 6.45) is 1.70. The lowest BCUT2D eigenvalue weighted by Gasteiger charge is -2.20. The van der Waals surface area contributed by atoms with Crippen molar-refractivity contribution in [2.24, 2.45) is 5.92 Å². The monoisotopic (exact) mass is 310 g/mol. The van der Waals surface area contributed by atoms with Gasteiger partial charge in [-0.15, -0.1) is 11.6 Å². The first-order valence-electron chi connectivity index (χ1n) is 5.29. The number of benzene rings is 1. The zero-order chi connectivity index (χ0) is 12.3. The molecule has 0 fully saturated rings. The van der Waals surface area contributed by atoms with Crippen molar-refractivity contribution in [1.29, 1.82) is 0 Å². The molecule has 0 aliphatic carbocycles. The Kier molecular flexibility index (Phi) is 5.19. The van der Waals surface area contributed by atoms with Crippen LogP contribution in [0.25, 0.3) is 0 Å². The molecule has 1 rings (SSSR count). The second kappa shape index (κ2) is 5.97. The Morgan fingerprint density at radius 1 is 1.19 bits per heavy atom. The topological polar surface area (TPSA) is 0 Å². The van der Waals surface area contributed by atoms with Crippen LogP contribution in [0.4, 0.5) is 8.78 Å². The largest absolute Gasteiger partial charge is 0.207 e. The lowest BCUT2D eigenvalue weighted by atomic mass is 9.93. The van der Waals surface area contributed by atoms with E-state index in [2.05, 4.69) is 15.9 Å². The Hall–Kier alpha value is -0.150. The van der Waals surface area contributed by atoms with Crippen molar-refractivity contribution in [2.45, 2.75) is 32.1 Å². The van der Waals surface area contributed by atoms with Gasteiger partial charge in [0.1, 0.15) is 11.6 Å². The fourth-order valence-corrected chi connectivity index (χ4v) is 2.54. The maximum Gasteiger partial charge on any atom is 0.137 e. The third kappa shape index (κ3) is 2.95. The van der Waals surface area contributed by atoms with Crippen molar-refractivity contribution in [3.63, 3.8) is 0 Å². The molecule has 0 saturated carbocycles. The zero-order valence-electron chi connectivity index (χ0n) is 9.24. The van der Waals surface area contributed by atoms with E-state index in [4.69, 9.17) is 11.6 Å². The Morgan fingerprint density at radius 3 is 2.25 bits per heavy atom. The first-order valence-corrected chi connectivity index (χ1v) is 6.52. The maximum absolute atomic E-state index is 13.6. The molecule has 0 amide bonds. The highest BCUT2D eigenvalue weighted by molar-refractivity contribution is 9.10. The maximum atomic E-state index is 13.6. The van der Waals surface area contributed by atoms with Crippen LogP contribution in [0.15, 0.2) is 16.6 Å². The molecular formula is C12H14BrClF2. The molecule has 1 atom stereocenters. The quantitative estimate of drug-likeness (QED) is 0.513. The van der Waals surface area contributed by atoms with E-state index in [0.29, 0.717) is 0 Å². The number of hydrogen-bond acceptors (Lipinski definition) is 0. The molecule has 0 bridgehead atoms. The minimum Gasteiger partial charge on any atom is -0.207 e. The molecule has 1 unspecified atom stereocenters. The molecule has 0 nitrogen and oxygen atoms in total. The van der Waals surface area contributed by atoms with Crippen molar-refractivity contribution < 1.29 is 8.78 Å².